The van der Waals surface area contributed by atoms with Crippen LogP contribution in [0, 0.1) is 0 Å². The van der Waals surface area contributed by atoms with Crippen molar-refractivity contribution in [2.45, 2.75) is 0 Å². The second kappa shape index (κ2) is 34.6. The van der Waals surface area contributed by atoms with Crippen LogP contribution in [0.5, 0.6) is 0 Å². The molecule has 0 amide bonds. The van der Waals surface area contributed by atoms with E-state index in [9.17, 15) is 0 Å². The van der Waals surface area contributed by atoms with Gasteiger partial charge in [-0.2, -0.15) is 0 Å². The Morgan fingerprint density at radius 3 is 0.486 bits per heavy atom. The second-order valence-electron chi connectivity index (χ2n) is 36.3. The first kappa shape index (κ1) is 82.3. The zero-order chi connectivity index (χ0) is 93.7. The van der Waals surface area contributed by atoms with E-state index >= 15 is 0 Å². The van der Waals surface area contributed by atoms with E-state index in [-0.39, 0.29) is 0 Å². The summed E-state index contributed by atoms with van der Waals surface area (Å²) in [5, 5.41) is 8.60. The van der Waals surface area contributed by atoms with E-state index in [1.807, 2.05) is 110 Å². The lowest BCUT2D eigenvalue weighted by atomic mass is 9.86. The highest BCUT2D eigenvalue weighted by Gasteiger charge is 2.24. The molecule has 27 aromatic rings. The van der Waals surface area contributed by atoms with Gasteiger partial charge in [0.05, 0.1) is 46.6 Å². The maximum Gasteiger partial charge on any atom is 0.135 e. The number of furan rings is 4. The number of fused-ring (bicyclic) bond motifs is 12. The van der Waals surface area contributed by atoms with Crippen LogP contribution in [0.15, 0.2) is 504 Å². The molecular weight excluding hydrogens is 1730 g/mol. The van der Waals surface area contributed by atoms with E-state index in [1.165, 1.54) is 0 Å². The topological polar surface area (TPSA) is 130 Å². The molecule has 9 heterocycles. The number of rotatable bonds is 18. The van der Waals surface area contributed by atoms with Crippen LogP contribution in [-0.2, 0) is 0 Å². The molecule has 10 heteroatoms. The van der Waals surface area contributed by atoms with Gasteiger partial charge in [-0.25, -0.2) is 0 Å². The van der Waals surface area contributed by atoms with E-state index in [1.54, 1.807) is 0 Å². The minimum Gasteiger partial charge on any atom is -0.456 e. The maximum absolute atomic E-state index is 6.22. The number of hydrogen-bond acceptors (Lipinski definition) is 10. The van der Waals surface area contributed by atoms with Gasteiger partial charge in [-0.1, -0.05) is 291 Å². The summed E-state index contributed by atoms with van der Waals surface area (Å²) in [6.45, 7) is 0. The quantitative estimate of drug-likeness (QED) is 0.0818. The van der Waals surface area contributed by atoms with E-state index in [2.05, 4.69) is 376 Å². The molecule has 0 fully saturated rings. The van der Waals surface area contributed by atoms with Crippen molar-refractivity contribution in [3.05, 3.63) is 486 Å². The number of pyridine rings is 4. The summed E-state index contributed by atoms with van der Waals surface area (Å²) < 4.78 is 24.9. The van der Waals surface area contributed by atoms with Gasteiger partial charge in [0.1, 0.15) is 44.7 Å². The normalized spacial score (nSPS) is 11.7. The van der Waals surface area contributed by atoms with Crippen LogP contribution in [0.1, 0.15) is 0 Å². The maximum atomic E-state index is 6.22. The zero-order valence-electron chi connectivity index (χ0n) is 76.5. The summed E-state index contributed by atoms with van der Waals surface area (Å²) in [5.41, 5.74) is 43.4. The average molecular weight is 1810 g/mol. The molecule has 0 N–H and O–H groups in total. The van der Waals surface area contributed by atoms with Crippen LogP contribution in [0.25, 0.3) is 289 Å². The number of hydrogen-bond donors (Lipinski definition) is 0. The minimum atomic E-state index is 0.769. The number of benzene rings is 18. The van der Waals surface area contributed by atoms with Crippen LogP contribution in [0.3, 0.4) is 0 Å². The van der Waals surface area contributed by atoms with Crippen LogP contribution in [-0.4, -0.2) is 29.9 Å². The molecule has 0 saturated carbocycles. The Bertz CT molecular complexity index is 8640. The van der Waals surface area contributed by atoms with E-state index < -0.39 is 0 Å². The lowest BCUT2D eigenvalue weighted by molar-refractivity contribution is 0.668. The highest BCUT2D eigenvalue weighted by atomic mass is 16.3. The predicted molar refractivity (Wildman–Crippen MR) is 580 cm³/mol. The van der Waals surface area contributed by atoms with Crippen molar-refractivity contribution >= 4 is 87.8 Å². The van der Waals surface area contributed by atoms with Crippen molar-refractivity contribution in [3.8, 4) is 201 Å². The summed E-state index contributed by atoms with van der Waals surface area (Å²) in [7, 11) is 0. The lowest BCUT2D eigenvalue weighted by Gasteiger charge is -2.18. The third-order valence-corrected chi connectivity index (χ3v) is 27.9. The van der Waals surface area contributed by atoms with Gasteiger partial charge in [-0.3, -0.25) is 29.9 Å². The van der Waals surface area contributed by atoms with Crippen molar-refractivity contribution in [2.24, 2.45) is 0 Å². The zero-order valence-corrected chi connectivity index (χ0v) is 76.5. The fraction of sp³-hybridized carbons (Fsp3) is 0. The van der Waals surface area contributed by atoms with Crippen LogP contribution < -0.4 is 0 Å². The molecule has 0 radical (unpaired) electrons. The van der Waals surface area contributed by atoms with Crippen molar-refractivity contribution in [1.82, 2.24) is 29.9 Å². The number of nitrogens with zero attached hydrogens (tertiary/aromatic N) is 6. The Hall–Kier alpha value is -19.2. The van der Waals surface area contributed by atoms with Gasteiger partial charge in [0, 0.05) is 124 Å². The molecule has 0 saturated heterocycles. The van der Waals surface area contributed by atoms with Gasteiger partial charge in [0.15, 0.2) is 0 Å². The molecular formula is C132H80N6O4. The van der Waals surface area contributed by atoms with Gasteiger partial charge in [0.25, 0.3) is 0 Å². The van der Waals surface area contributed by atoms with Crippen LogP contribution in [0.2, 0.25) is 0 Å². The van der Waals surface area contributed by atoms with Crippen LogP contribution in [0.4, 0.5) is 0 Å². The van der Waals surface area contributed by atoms with Gasteiger partial charge in [-0.05, 0) is 269 Å². The first-order valence-electron chi connectivity index (χ1n) is 47.7. The number of aromatic nitrogens is 6. The molecule has 142 heavy (non-hydrogen) atoms. The van der Waals surface area contributed by atoms with Crippen molar-refractivity contribution in [3.63, 3.8) is 0 Å². The first-order chi connectivity index (χ1) is 70.3. The van der Waals surface area contributed by atoms with E-state index in [0.29, 0.717) is 0 Å². The Morgan fingerprint density at radius 1 is 0.106 bits per heavy atom. The van der Waals surface area contributed by atoms with Crippen molar-refractivity contribution < 1.29 is 17.7 Å². The molecule has 0 bridgehead atoms. The Morgan fingerprint density at radius 2 is 0.275 bits per heavy atom. The second-order valence-corrected chi connectivity index (χ2v) is 36.3. The molecule has 18 aromatic carbocycles. The molecule has 9 aromatic heterocycles. The molecule has 27 rings (SSSR count). The van der Waals surface area contributed by atoms with E-state index in [4.69, 9.17) is 47.6 Å². The third kappa shape index (κ3) is 14.9. The standard InChI is InChI=1S/C132H80N6O4/c1-7-27-105(93-65-95(107-29-9-3-23-101(107)89-49-57-119(133-75-89)85-53-61-129-115(71-85)111-33-13-17-37-125(111)139-129)69-96(66-93)108-30-10-4-24-102(108)90-50-58-120(134-76-90)86-54-62-130-116(72-86)112-34-14-18-38-126(112)140-130)99(21-1)81-41-45-83(46-42-81)123-79-138-124(80-137-123)84-47-43-82(44-48-84)100-22-2-8-28-106(100)94-67-97(109-31-11-5-25-103(109)91-51-59-121(135-77-91)87-55-63-131-117(73-87)113-35-15-19-39-127(113)141-131)70-98(68-94)110-32-12-6-26-104(110)92-52-60-122(136-78-92)88-56-64-132-118(74-88)114-36-16-20-40-128(114)142-132/h1-80H. The molecule has 10 nitrogen and oxygen atoms in total. The van der Waals surface area contributed by atoms with Crippen molar-refractivity contribution in [2.75, 3.05) is 0 Å². The Kier molecular flexibility index (Phi) is 20.0. The average Bonchev–Trinajstić information content (AvgIpc) is 1.04. The van der Waals surface area contributed by atoms with Gasteiger partial charge >= 0.3 is 0 Å². The smallest absolute Gasteiger partial charge is 0.135 e. The van der Waals surface area contributed by atoms with Crippen LogP contribution >= 0.6 is 0 Å². The summed E-state index contributed by atoms with van der Waals surface area (Å²) in [6.07, 6.45) is 11.8. The highest BCUT2D eigenvalue weighted by Crippen LogP contribution is 2.49. The lowest BCUT2D eigenvalue weighted by Crippen LogP contribution is -1.93. The van der Waals surface area contributed by atoms with Gasteiger partial charge in [-0.15, -0.1) is 0 Å². The molecule has 662 valence electrons. The molecule has 0 aliphatic carbocycles. The number of para-hydroxylation sites is 4. The molecule has 0 atom stereocenters. The first-order valence-corrected chi connectivity index (χ1v) is 47.7. The molecule has 0 aliphatic heterocycles. The van der Waals surface area contributed by atoms with Crippen molar-refractivity contribution in [1.29, 1.82) is 0 Å². The highest BCUT2D eigenvalue weighted by molar-refractivity contribution is 6.11. The SMILES string of the molecule is c1ccc(-c2cc(-c3ccccc3-c3ccc(-c4ccc5oc6ccccc6c5c4)nc3)cc(-c3ccccc3-c3ccc(-c4ccc5oc6ccccc6c5c4)nc3)c2)c(-c2ccc(-c3cnc(-c4ccc(-c5ccccc5-c5cc(-c6ccccc6-c6ccc(-c7ccc8oc9ccccc9c8c7)nc6)cc(-c6ccccc6-c6ccc(-c7ccc8oc9ccccc9c8c7)nc6)c5)cc4)cn3)cc2)c1. The third-order valence-electron chi connectivity index (χ3n) is 27.9. The summed E-state index contributed by atoms with van der Waals surface area (Å²) in [6, 6.07) is 159. The fourth-order valence-corrected chi connectivity index (χ4v) is 20.8. The summed E-state index contributed by atoms with van der Waals surface area (Å²) in [5.74, 6) is 0. The minimum absolute atomic E-state index is 0.769. The Balaban J connectivity index is 0.498. The summed E-state index contributed by atoms with van der Waals surface area (Å²) in [4.78, 5) is 30.9. The van der Waals surface area contributed by atoms with Gasteiger partial charge < -0.3 is 17.7 Å². The van der Waals surface area contributed by atoms with E-state index in [0.717, 1.165) is 289 Å². The van der Waals surface area contributed by atoms with Gasteiger partial charge in [0.2, 0.25) is 0 Å². The molecule has 0 spiro atoms. The molecule has 0 aliphatic rings. The molecule has 0 unspecified atom stereocenters. The summed E-state index contributed by atoms with van der Waals surface area (Å²) >= 11 is 0. The fourth-order valence-electron chi connectivity index (χ4n) is 20.8. The monoisotopic (exact) mass is 1810 g/mol. The Labute approximate surface area is 816 Å². The predicted octanol–water partition coefficient (Wildman–Crippen LogP) is 35.7. The largest absolute Gasteiger partial charge is 0.456 e.